The lowest BCUT2D eigenvalue weighted by molar-refractivity contribution is 0.313. The number of benzene rings is 1. The summed E-state index contributed by atoms with van der Waals surface area (Å²) in [5.74, 6) is 0.252. The highest BCUT2D eigenvalue weighted by Gasteiger charge is 2.12. The third-order valence-corrected chi connectivity index (χ3v) is 3.44. The van der Waals surface area contributed by atoms with Crippen LogP contribution < -0.4 is 11.1 Å². The molecule has 5 heteroatoms. The fourth-order valence-corrected chi connectivity index (χ4v) is 2.12. The van der Waals surface area contributed by atoms with E-state index in [0.717, 1.165) is 4.47 Å². The average molecular weight is 300 g/mol. The number of nitrogens with two attached hydrogens (primary N) is 1. The Morgan fingerprint density at radius 3 is 2.71 bits per heavy atom. The summed E-state index contributed by atoms with van der Waals surface area (Å²) in [7, 11) is 0. The number of nitrogens with one attached hydrogen (secondary N) is 1. The van der Waals surface area contributed by atoms with Crippen LogP contribution in [0.1, 0.15) is 25.5 Å². The summed E-state index contributed by atoms with van der Waals surface area (Å²) in [5.41, 5.74) is 6.72. The van der Waals surface area contributed by atoms with Crippen LogP contribution in [0.2, 0.25) is 0 Å². The summed E-state index contributed by atoms with van der Waals surface area (Å²) in [4.78, 5) is 0. The topological polar surface area (TPSA) is 70.6 Å². The van der Waals surface area contributed by atoms with Crippen LogP contribution >= 0.6 is 15.9 Å². The Morgan fingerprint density at radius 2 is 2.12 bits per heavy atom. The highest BCUT2D eigenvalue weighted by atomic mass is 79.9. The van der Waals surface area contributed by atoms with Gasteiger partial charge in [-0.1, -0.05) is 46.2 Å². The van der Waals surface area contributed by atoms with Crippen LogP contribution in [0.5, 0.6) is 0 Å². The monoisotopic (exact) mass is 299 g/mol. The molecular weight excluding hydrogens is 282 g/mol. The van der Waals surface area contributed by atoms with E-state index in [2.05, 4.69) is 39.4 Å². The molecule has 0 spiro atoms. The van der Waals surface area contributed by atoms with E-state index in [1.807, 2.05) is 25.1 Å². The molecule has 4 N–H and O–H groups in total. The fraction of sp³-hybridized carbons (Fsp3) is 0.417. The number of hydrogen-bond donors (Lipinski definition) is 3. The van der Waals surface area contributed by atoms with Gasteiger partial charge >= 0.3 is 0 Å². The fourth-order valence-electron chi connectivity index (χ4n) is 1.49. The second-order valence-electron chi connectivity index (χ2n) is 4.08. The van der Waals surface area contributed by atoms with Gasteiger partial charge in [0, 0.05) is 23.0 Å². The summed E-state index contributed by atoms with van der Waals surface area (Å²) < 4.78 is 1.08. The second kappa shape index (κ2) is 6.61. The molecule has 1 aromatic rings. The van der Waals surface area contributed by atoms with Crippen LogP contribution in [-0.2, 0) is 0 Å². The van der Waals surface area contributed by atoms with Crippen molar-refractivity contribution in [2.24, 2.45) is 16.8 Å². The van der Waals surface area contributed by atoms with Crippen molar-refractivity contribution in [2.45, 2.75) is 19.9 Å². The van der Waals surface area contributed by atoms with Crippen molar-refractivity contribution in [3.05, 3.63) is 34.3 Å². The molecule has 0 aliphatic rings. The minimum Gasteiger partial charge on any atom is -0.409 e. The van der Waals surface area contributed by atoms with E-state index < -0.39 is 0 Å². The molecule has 0 saturated carbocycles. The van der Waals surface area contributed by atoms with E-state index in [1.165, 1.54) is 5.56 Å². The Bertz CT molecular complexity index is 395. The maximum absolute atomic E-state index is 8.56. The van der Waals surface area contributed by atoms with Gasteiger partial charge in [-0.3, -0.25) is 0 Å². The van der Waals surface area contributed by atoms with Crippen LogP contribution in [0.4, 0.5) is 0 Å². The second-order valence-corrected chi connectivity index (χ2v) is 4.93. The predicted molar refractivity (Wildman–Crippen MR) is 73.1 cm³/mol. The molecule has 2 atom stereocenters. The standard InChI is InChI=1S/C12H18BrN3O/c1-8(12(14)16-17)7-15-9(2)10-5-3-4-6-11(10)13/h3-6,8-9,15,17H,7H2,1-2H3,(H2,14,16)/t8?,9-/m0/s1. The number of hydrogen-bond acceptors (Lipinski definition) is 3. The Morgan fingerprint density at radius 1 is 1.47 bits per heavy atom. The van der Waals surface area contributed by atoms with Gasteiger partial charge in [0.15, 0.2) is 0 Å². The lowest BCUT2D eigenvalue weighted by Crippen LogP contribution is -2.32. The maximum atomic E-state index is 8.56. The zero-order valence-electron chi connectivity index (χ0n) is 10.0. The molecule has 0 fully saturated rings. The van der Waals surface area contributed by atoms with Gasteiger partial charge in [-0.2, -0.15) is 0 Å². The van der Waals surface area contributed by atoms with E-state index in [0.29, 0.717) is 6.54 Å². The zero-order chi connectivity index (χ0) is 12.8. The van der Waals surface area contributed by atoms with Gasteiger partial charge < -0.3 is 16.3 Å². The average Bonchev–Trinajstić information content (AvgIpc) is 2.35. The van der Waals surface area contributed by atoms with Crippen LogP contribution in [0.3, 0.4) is 0 Å². The van der Waals surface area contributed by atoms with Gasteiger partial charge in [0.1, 0.15) is 5.84 Å². The van der Waals surface area contributed by atoms with Crippen LogP contribution in [0, 0.1) is 5.92 Å². The van der Waals surface area contributed by atoms with Gasteiger partial charge in [0.25, 0.3) is 0 Å². The molecular formula is C12H18BrN3O. The van der Waals surface area contributed by atoms with Crippen LogP contribution in [0.15, 0.2) is 33.9 Å². The van der Waals surface area contributed by atoms with Gasteiger partial charge in [0.2, 0.25) is 0 Å². The molecule has 1 aromatic carbocycles. The van der Waals surface area contributed by atoms with E-state index in [-0.39, 0.29) is 17.8 Å². The minimum absolute atomic E-state index is 0.00457. The Balaban J connectivity index is 2.56. The first-order valence-corrected chi connectivity index (χ1v) is 6.30. The zero-order valence-corrected chi connectivity index (χ0v) is 11.6. The van der Waals surface area contributed by atoms with E-state index in [4.69, 9.17) is 10.9 Å². The lowest BCUT2D eigenvalue weighted by atomic mass is 10.1. The number of halogens is 1. The van der Waals surface area contributed by atoms with Crippen molar-refractivity contribution in [2.75, 3.05) is 6.54 Å². The molecule has 0 radical (unpaired) electrons. The summed E-state index contributed by atoms with van der Waals surface area (Å²) >= 11 is 3.52. The summed E-state index contributed by atoms with van der Waals surface area (Å²) in [6.45, 7) is 4.66. The molecule has 0 aliphatic carbocycles. The van der Waals surface area contributed by atoms with Crippen molar-refractivity contribution in [1.29, 1.82) is 0 Å². The van der Waals surface area contributed by atoms with Crippen molar-refractivity contribution in [3.63, 3.8) is 0 Å². The van der Waals surface area contributed by atoms with Gasteiger partial charge in [-0.15, -0.1) is 0 Å². The summed E-state index contributed by atoms with van der Waals surface area (Å²) in [6.07, 6.45) is 0. The molecule has 94 valence electrons. The van der Waals surface area contributed by atoms with Crippen molar-refractivity contribution < 1.29 is 5.21 Å². The first-order valence-electron chi connectivity index (χ1n) is 5.51. The third-order valence-electron chi connectivity index (χ3n) is 2.72. The van der Waals surface area contributed by atoms with E-state index in [1.54, 1.807) is 0 Å². The van der Waals surface area contributed by atoms with E-state index >= 15 is 0 Å². The SMILES string of the molecule is CC(CN[C@@H](C)c1ccccc1Br)/C(N)=N/O. The first kappa shape index (κ1) is 14.0. The molecule has 1 rings (SSSR count). The molecule has 0 amide bonds. The summed E-state index contributed by atoms with van der Waals surface area (Å²) in [5, 5.41) is 14.9. The normalized spacial score (nSPS) is 15.6. The molecule has 4 nitrogen and oxygen atoms in total. The first-order chi connectivity index (χ1) is 8.06. The summed E-state index contributed by atoms with van der Waals surface area (Å²) in [6, 6.07) is 8.28. The van der Waals surface area contributed by atoms with Crippen molar-refractivity contribution >= 4 is 21.8 Å². The highest BCUT2D eigenvalue weighted by Crippen LogP contribution is 2.22. The van der Waals surface area contributed by atoms with Crippen LogP contribution in [0.25, 0.3) is 0 Å². The Kier molecular flexibility index (Phi) is 5.44. The molecule has 0 heterocycles. The van der Waals surface area contributed by atoms with Gasteiger partial charge in [0.05, 0.1) is 0 Å². The molecule has 0 saturated heterocycles. The minimum atomic E-state index is 0.00457. The molecule has 17 heavy (non-hydrogen) atoms. The van der Waals surface area contributed by atoms with Crippen molar-refractivity contribution in [3.8, 4) is 0 Å². The number of rotatable bonds is 5. The lowest BCUT2D eigenvalue weighted by Gasteiger charge is -2.18. The largest absolute Gasteiger partial charge is 0.409 e. The maximum Gasteiger partial charge on any atom is 0.143 e. The van der Waals surface area contributed by atoms with Crippen molar-refractivity contribution in [1.82, 2.24) is 5.32 Å². The number of oxime groups is 1. The van der Waals surface area contributed by atoms with E-state index in [9.17, 15) is 0 Å². The third kappa shape index (κ3) is 4.02. The molecule has 0 aromatic heterocycles. The molecule has 1 unspecified atom stereocenters. The number of nitrogens with zero attached hydrogens (tertiary/aromatic N) is 1. The quantitative estimate of drug-likeness (QED) is 0.338. The van der Waals surface area contributed by atoms with Gasteiger partial charge in [-0.25, -0.2) is 0 Å². The molecule has 0 aliphatic heterocycles. The molecule has 0 bridgehead atoms. The van der Waals surface area contributed by atoms with Crippen LogP contribution in [-0.4, -0.2) is 17.6 Å². The smallest absolute Gasteiger partial charge is 0.143 e. The predicted octanol–water partition coefficient (Wildman–Crippen LogP) is 2.48. The Hall–Kier alpha value is -1.07. The number of amidine groups is 1. The highest BCUT2D eigenvalue weighted by molar-refractivity contribution is 9.10. The van der Waals surface area contributed by atoms with Gasteiger partial charge in [-0.05, 0) is 18.6 Å². The Labute approximate surface area is 110 Å².